The summed E-state index contributed by atoms with van der Waals surface area (Å²) in [5.41, 5.74) is 1.24. The maximum atomic E-state index is 12.0. The predicted molar refractivity (Wildman–Crippen MR) is 81.1 cm³/mol. The quantitative estimate of drug-likeness (QED) is 0.780. The first-order valence-electron chi connectivity index (χ1n) is 7.17. The van der Waals surface area contributed by atoms with Crippen molar-refractivity contribution in [1.29, 1.82) is 0 Å². The topological polar surface area (TPSA) is 69.6 Å². The van der Waals surface area contributed by atoms with Crippen LogP contribution in [0.2, 0.25) is 0 Å². The molecule has 0 spiro atoms. The Hall–Kier alpha value is -2.14. The average molecular weight is 288 g/mol. The fourth-order valence-electron chi connectivity index (χ4n) is 2.39. The number of nitrogens with one attached hydrogen (secondary N) is 1. The average Bonchev–Trinajstić information content (AvgIpc) is 2.98. The standard InChI is InChI=1S/C16H20N2O3/c19-15(20)7-6-13-4-3-5-14(12-13)16(21)17-8-11-18-9-1-2-10-18/h3-7,12H,1-2,8-11H2,(H,17,21)(H,19,20). The number of rotatable bonds is 6. The first kappa shape index (κ1) is 15.3. The van der Waals surface area contributed by atoms with E-state index in [2.05, 4.69) is 10.2 Å². The lowest BCUT2D eigenvalue weighted by molar-refractivity contribution is -0.131. The van der Waals surface area contributed by atoms with Crippen LogP contribution >= 0.6 is 0 Å². The third-order valence-corrected chi connectivity index (χ3v) is 3.48. The summed E-state index contributed by atoms with van der Waals surface area (Å²) in [6.07, 6.45) is 5.02. The Bertz CT molecular complexity index is 534. The van der Waals surface area contributed by atoms with Gasteiger partial charge in [-0.25, -0.2) is 4.79 Å². The van der Waals surface area contributed by atoms with Crippen LogP contribution in [-0.2, 0) is 4.79 Å². The summed E-state index contributed by atoms with van der Waals surface area (Å²) in [6, 6.07) is 6.92. The number of aliphatic carboxylic acids is 1. The molecule has 1 aromatic carbocycles. The Morgan fingerprint density at radius 1 is 1.29 bits per heavy atom. The van der Waals surface area contributed by atoms with Gasteiger partial charge in [0.25, 0.3) is 5.91 Å². The summed E-state index contributed by atoms with van der Waals surface area (Å²) >= 11 is 0. The molecule has 0 radical (unpaired) electrons. The summed E-state index contributed by atoms with van der Waals surface area (Å²) < 4.78 is 0. The van der Waals surface area contributed by atoms with Crippen LogP contribution in [-0.4, -0.2) is 48.1 Å². The highest BCUT2D eigenvalue weighted by Gasteiger charge is 2.11. The summed E-state index contributed by atoms with van der Waals surface area (Å²) in [5.74, 6) is -1.13. The third kappa shape index (κ3) is 5.04. The number of amides is 1. The molecule has 5 heteroatoms. The van der Waals surface area contributed by atoms with E-state index in [9.17, 15) is 9.59 Å². The molecule has 1 amide bonds. The summed E-state index contributed by atoms with van der Waals surface area (Å²) in [6.45, 7) is 3.75. The van der Waals surface area contributed by atoms with Gasteiger partial charge in [-0.05, 0) is 49.7 Å². The summed E-state index contributed by atoms with van der Waals surface area (Å²) in [4.78, 5) is 24.9. The molecule has 21 heavy (non-hydrogen) atoms. The first-order valence-corrected chi connectivity index (χ1v) is 7.17. The predicted octanol–water partition coefficient (Wildman–Crippen LogP) is 1.61. The van der Waals surface area contributed by atoms with Crippen molar-refractivity contribution >= 4 is 18.0 Å². The number of carbonyl (C=O) groups is 2. The van der Waals surface area contributed by atoms with E-state index in [1.165, 1.54) is 18.9 Å². The number of likely N-dealkylation sites (tertiary alicyclic amines) is 1. The second kappa shape index (κ2) is 7.59. The third-order valence-electron chi connectivity index (χ3n) is 3.48. The molecular weight excluding hydrogens is 268 g/mol. The highest BCUT2D eigenvalue weighted by atomic mass is 16.4. The van der Waals surface area contributed by atoms with Crippen LogP contribution in [0.1, 0.15) is 28.8 Å². The highest BCUT2D eigenvalue weighted by Crippen LogP contribution is 2.08. The van der Waals surface area contributed by atoms with E-state index < -0.39 is 5.97 Å². The molecule has 0 aromatic heterocycles. The molecule has 0 saturated carbocycles. The van der Waals surface area contributed by atoms with Gasteiger partial charge in [0.15, 0.2) is 0 Å². The molecule has 2 N–H and O–H groups in total. The van der Waals surface area contributed by atoms with Crippen LogP contribution in [0.25, 0.3) is 6.08 Å². The van der Waals surface area contributed by atoms with Crippen molar-refractivity contribution in [3.63, 3.8) is 0 Å². The lowest BCUT2D eigenvalue weighted by Gasteiger charge is -2.14. The second-order valence-electron chi connectivity index (χ2n) is 5.10. The van der Waals surface area contributed by atoms with E-state index in [0.717, 1.165) is 25.7 Å². The molecule has 0 aliphatic carbocycles. The zero-order chi connectivity index (χ0) is 15.1. The minimum absolute atomic E-state index is 0.125. The van der Waals surface area contributed by atoms with Gasteiger partial charge < -0.3 is 15.3 Å². The number of hydrogen-bond acceptors (Lipinski definition) is 3. The van der Waals surface area contributed by atoms with Gasteiger partial charge in [0, 0.05) is 24.7 Å². The molecule has 1 aliphatic rings. The molecule has 1 aromatic rings. The van der Waals surface area contributed by atoms with E-state index in [-0.39, 0.29) is 5.91 Å². The van der Waals surface area contributed by atoms with Crippen molar-refractivity contribution in [2.24, 2.45) is 0 Å². The lowest BCUT2D eigenvalue weighted by Crippen LogP contribution is -2.33. The lowest BCUT2D eigenvalue weighted by atomic mass is 10.1. The van der Waals surface area contributed by atoms with E-state index in [1.807, 2.05) is 0 Å². The molecule has 112 valence electrons. The minimum Gasteiger partial charge on any atom is -0.478 e. The van der Waals surface area contributed by atoms with Crippen molar-refractivity contribution in [2.45, 2.75) is 12.8 Å². The number of benzene rings is 1. The largest absolute Gasteiger partial charge is 0.478 e. The van der Waals surface area contributed by atoms with Crippen molar-refractivity contribution in [3.05, 3.63) is 41.5 Å². The van der Waals surface area contributed by atoms with Crippen LogP contribution in [0, 0.1) is 0 Å². The normalized spacial score (nSPS) is 15.4. The van der Waals surface area contributed by atoms with Crippen molar-refractivity contribution in [1.82, 2.24) is 10.2 Å². The number of carboxylic acid groups (broad SMARTS) is 1. The molecule has 1 saturated heterocycles. The molecule has 5 nitrogen and oxygen atoms in total. The van der Waals surface area contributed by atoms with E-state index in [1.54, 1.807) is 24.3 Å². The Kier molecular flexibility index (Phi) is 5.51. The molecule has 1 fully saturated rings. The van der Waals surface area contributed by atoms with Gasteiger partial charge in [0.05, 0.1) is 0 Å². The van der Waals surface area contributed by atoms with Crippen LogP contribution in [0.3, 0.4) is 0 Å². The van der Waals surface area contributed by atoms with Crippen LogP contribution in [0.5, 0.6) is 0 Å². The Labute approximate surface area is 124 Å². The second-order valence-corrected chi connectivity index (χ2v) is 5.10. The molecule has 1 aliphatic heterocycles. The molecular formula is C16H20N2O3. The van der Waals surface area contributed by atoms with Gasteiger partial charge in [-0.1, -0.05) is 12.1 Å². The van der Waals surface area contributed by atoms with Gasteiger partial charge in [-0.15, -0.1) is 0 Å². The minimum atomic E-state index is -1.00. The van der Waals surface area contributed by atoms with E-state index in [4.69, 9.17) is 5.11 Å². The van der Waals surface area contributed by atoms with Gasteiger partial charge in [0.1, 0.15) is 0 Å². The monoisotopic (exact) mass is 288 g/mol. The molecule has 0 bridgehead atoms. The molecule has 0 atom stereocenters. The van der Waals surface area contributed by atoms with E-state index in [0.29, 0.717) is 17.7 Å². The maximum absolute atomic E-state index is 12.0. The SMILES string of the molecule is O=C(O)C=Cc1cccc(C(=O)NCCN2CCCC2)c1. The highest BCUT2D eigenvalue weighted by molar-refractivity contribution is 5.95. The van der Waals surface area contributed by atoms with Gasteiger partial charge >= 0.3 is 5.97 Å². The van der Waals surface area contributed by atoms with Crippen molar-refractivity contribution in [2.75, 3.05) is 26.2 Å². The number of hydrogen-bond donors (Lipinski definition) is 2. The summed E-state index contributed by atoms with van der Waals surface area (Å²) in [5, 5.41) is 11.5. The van der Waals surface area contributed by atoms with Crippen molar-refractivity contribution < 1.29 is 14.7 Å². The van der Waals surface area contributed by atoms with Gasteiger partial charge in [0.2, 0.25) is 0 Å². The Morgan fingerprint density at radius 3 is 2.76 bits per heavy atom. The molecule has 1 heterocycles. The van der Waals surface area contributed by atoms with Crippen LogP contribution in [0.15, 0.2) is 30.3 Å². The zero-order valence-electron chi connectivity index (χ0n) is 11.9. The number of nitrogens with zero attached hydrogens (tertiary/aromatic N) is 1. The molecule has 0 unspecified atom stereocenters. The number of carbonyl (C=O) groups excluding carboxylic acids is 1. The van der Waals surface area contributed by atoms with Gasteiger partial charge in [-0.3, -0.25) is 4.79 Å². The van der Waals surface area contributed by atoms with Crippen LogP contribution < -0.4 is 5.32 Å². The fraction of sp³-hybridized carbons (Fsp3) is 0.375. The van der Waals surface area contributed by atoms with Gasteiger partial charge in [-0.2, -0.15) is 0 Å². The van der Waals surface area contributed by atoms with Crippen LogP contribution in [0.4, 0.5) is 0 Å². The maximum Gasteiger partial charge on any atom is 0.328 e. The van der Waals surface area contributed by atoms with E-state index >= 15 is 0 Å². The van der Waals surface area contributed by atoms with Crippen molar-refractivity contribution in [3.8, 4) is 0 Å². The zero-order valence-corrected chi connectivity index (χ0v) is 11.9. The number of carboxylic acids is 1. The summed E-state index contributed by atoms with van der Waals surface area (Å²) in [7, 11) is 0. The smallest absolute Gasteiger partial charge is 0.328 e. The Balaban J connectivity index is 1.86. The Morgan fingerprint density at radius 2 is 2.05 bits per heavy atom. The fourth-order valence-corrected chi connectivity index (χ4v) is 2.39. The first-order chi connectivity index (χ1) is 10.1. The molecule has 2 rings (SSSR count).